The van der Waals surface area contributed by atoms with Gasteiger partial charge < -0.3 is 14.6 Å². The van der Waals surface area contributed by atoms with Gasteiger partial charge >= 0.3 is 0 Å². The molecule has 1 aliphatic heterocycles. The van der Waals surface area contributed by atoms with Gasteiger partial charge in [0.2, 0.25) is 0 Å². The lowest BCUT2D eigenvalue weighted by Crippen LogP contribution is -2.33. The van der Waals surface area contributed by atoms with E-state index in [-0.39, 0.29) is 12.0 Å². The van der Waals surface area contributed by atoms with Gasteiger partial charge in [-0.15, -0.1) is 0 Å². The van der Waals surface area contributed by atoms with Crippen molar-refractivity contribution in [1.29, 1.82) is 0 Å². The third kappa shape index (κ3) is 3.57. The lowest BCUT2D eigenvalue weighted by molar-refractivity contribution is 0.0852. The van der Waals surface area contributed by atoms with Crippen LogP contribution in [0, 0.1) is 0 Å². The molecule has 0 saturated carbocycles. The number of fused-ring (bicyclic) bond motifs is 1. The first-order valence-corrected chi connectivity index (χ1v) is 9.74. The molecule has 1 N–H and O–H groups in total. The van der Waals surface area contributed by atoms with E-state index >= 15 is 0 Å². The van der Waals surface area contributed by atoms with E-state index in [1.54, 1.807) is 0 Å². The van der Waals surface area contributed by atoms with Crippen molar-refractivity contribution in [3.05, 3.63) is 58.2 Å². The molecule has 0 unspecified atom stereocenters. The van der Waals surface area contributed by atoms with Crippen LogP contribution in [0.2, 0.25) is 10.0 Å². The third-order valence-corrected chi connectivity index (χ3v) is 5.51. The smallest absolute Gasteiger partial charge is 0.268 e. The molecular formula is C21H20Cl2N2O2. The van der Waals surface area contributed by atoms with Gasteiger partial charge in [-0.2, -0.15) is 0 Å². The molecule has 0 aliphatic carbocycles. The number of nitrogens with one attached hydrogen (secondary N) is 1. The van der Waals surface area contributed by atoms with Crippen LogP contribution in [0.4, 0.5) is 0 Å². The van der Waals surface area contributed by atoms with Crippen molar-refractivity contribution in [1.82, 2.24) is 9.88 Å². The zero-order valence-corrected chi connectivity index (χ0v) is 16.5. The standard InChI is InChI=1S/C21H20Cl2N2O2/c1-25-18-9-8-15(23)11-17(18)19(13-4-6-14(22)7-5-13)20(25)21(26)24-12-16-3-2-10-27-16/h4-9,11,16H,2-3,10,12H2,1H3,(H,24,26)/t16-/m1/s1. The van der Waals surface area contributed by atoms with Crippen LogP contribution in [-0.4, -0.2) is 29.7 Å². The molecule has 3 aromatic rings. The number of halogens is 2. The molecule has 27 heavy (non-hydrogen) atoms. The second-order valence-corrected chi connectivity index (χ2v) is 7.67. The van der Waals surface area contributed by atoms with E-state index in [9.17, 15) is 4.79 Å². The van der Waals surface area contributed by atoms with Gasteiger partial charge in [-0.05, 0) is 48.7 Å². The Morgan fingerprint density at radius 2 is 1.93 bits per heavy atom. The number of rotatable bonds is 4. The van der Waals surface area contributed by atoms with Crippen LogP contribution < -0.4 is 5.32 Å². The first kappa shape index (κ1) is 18.4. The molecule has 6 heteroatoms. The van der Waals surface area contributed by atoms with Gasteiger partial charge in [-0.3, -0.25) is 4.79 Å². The van der Waals surface area contributed by atoms with Gasteiger partial charge in [0.15, 0.2) is 0 Å². The minimum absolute atomic E-state index is 0.0945. The van der Waals surface area contributed by atoms with E-state index in [2.05, 4.69) is 5.32 Å². The Bertz CT molecular complexity index is 990. The molecule has 1 fully saturated rings. The van der Waals surface area contributed by atoms with Crippen molar-refractivity contribution in [3.8, 4) is 11.1 Å². The Kier molecular flexibility index (Phi) is 5.13. The first-order chi connectivity index (χ1) is 13.0. The summed E-state index contributed by atoms with van der Waals surface area (Å²) in [5.74, 6) is -0.120. The summed E-state index contributed by atoms with van der Waals surface area (Å²) in [5, 5.41) is 5.26. The molecular weight excluding hydrogens is 383 g/mol. The number of aryl methyl sites for hydroxylation is 1. The normalized spacial score (nSPS) is 16.8. The number of carbonyl (C=O) groups excluding carboxylic acids is 1. The van der Waals surface area contributed by atoms with Crippen LogP contribution in [0.25, 0.3) is 22.0 Å². The molecule has 2 aromatic carbocycles. The number of amides is 1. The fourth-order valence-electron chi connectivity index (χ4n) is 3.69. The molecule has 0 radical (unpaired) electrons. The molecule has 1 aliphatic rings. The summed E-state index contributed by atoms with van der Waals surface area (Å²) in [4.78, 5) is 13.1. The van der Waals surface area contributed by atoms with Gasteiger partial charge in [-0.25, -0.2) is 0 Å². The maximum atomic E-state index is 13.1. The predicted molar refractivity (Wildman–Crippen MR) is 110 cm³/mol. The third-order valence-electron chi connectivity index (χ3n) is 5.02. The largest absolute Gasteiger partial charge is 0.376 e. The van der Waals surface area contributed by atoms with Crippen LogP contribution in [0.1, 0.15) is 23.3 Å². The number of benzene rings is 2. The highest BCUT2D eigenvalue weighted by Gasteiger charge is 2.24. The molecule has 4 rings (SSSR count). The van der Waals surface area contributed by atoms with E-state index in [4.69, 9.17) is 27.9 Å². The van der Waals surface area contributed by atoms with Crippen molar-refractivity contribution >= 4 is 40.0 Å². The van der Waals surface area contributed by atoms with Crippen LogP contribution in [0.5, 0.6) is 0 Å². The minimum Gasteiger partial charge on any atom is -0.376 e. The summed E-state index contributed by atoms with van der Waals surface area (Å²) in [6.07, 6.45) is 2.12. The first-order valence-electron chi connectivity index (χ1n) is 8.98. The summed E-state index contributed by atoms with van der Waals surface area (Å²) in [7, 11) is 1.90. The fourth-order valence-corrected chi connectivity index (χ4v) is 3.98. The summed E-state index contributed by atoms with van der Waals surface area (Å²) in [5.41, 5.74) is 3.34. The van der Waals surface area contributed by atoms with Gasteiger partial charge in [0.05, 0.1) is 6.10 Å². The number of nitrogens with zero attached hydrogens (tertiary/aromatic N) is 1. The summed E-state index contributed by atoms with van der Waals surface area (Å²) in [6.45, 7) is 1.28. The second-order valence-electron chi connectivity index (χ2n) is 6.80. The molecule has 140 valence electrons. The highest BCUT2D eigenvalue weighted by atomic mass is 35.5. The van der Waals surface area contributed by atoms with Gasteiger partial charge in [0.25, 0.3) is 5.91 Å². The van der Waals surface area contributed by atoms with Gasteiger partial charge in [0.1, 0.15) is 5.69 Å². The highest BCUT2D eigenvalue weighted by molar-refractivity contribution is 6.32. The lowest BCUT2D eigenvalue weighted by atomic mass is 10.0. The maximum absolute atomic E-state index is 13.1. The number of hydrogen-bond acceptors (Lipinski definition) is 2. The summed E-state index contributed by atoms with van der Waals surface area (Å²) < 4.78 is 7.54. The molecule has 2 heterocycles. The average Bonchev–Trinajstić information content (AvgIpc) is 3.27. The Hall–Kier alpha value is -2.01. The summed E-state index contributed by atoms with van der Waals surface area (Å²) in [6, 6.07) is 13.2. The van der Waals surface area contributed by atoms with Crippen LogP contribution in [0.15, 0.2) is 42.5 Å². The zero-order valence-electron chi connectivity index (χ0n) is 15.0. The van der Waals surface area contributed by atoms with Gasteiger partial charge in [0, 0.05) is 46.7 Å². The minimum atomic E-state index is -0.120. The van der Waals surface area contributed by atoms with E-state index in [0.717, 1.165) is 41.5 Å². The fraction of sp³-hybridized carbons (Fsp3) is 0.286. The molecule has 0 bridgehead atoms. The topological polar surface area (TPSA) is 43.3 Å². The van der Waals surface area contributed by atoms with E-state index < -0.39 is 0 Å². The van der Waals surface area contributed by atoms with E-state index in [0.29, 0.717) is 22.3 Å². The Morgan fingerprint density at radius 1 is 1.19 bits per heavy atom. The number of hydrogen-bond donors (Lipinski definition) is 1. The van der Waals surface area contributed by atoms with Crippen LogP contribution in [-0.2, 0) is 11.8 Å². The second kappa shape index (κ2) is 7.55. The average molecular weight is 403 g/mol. The number of ether oxygens (including phenoxy) is 1. The van der Waals surface area contributed by atoms with E-state index in [1.807, 2.05) is 54.1 Å². The zero-order chi connectivity index (χ0) is 19.0. The Balaban J connectivity index is 1.80. The molecule has 4 nitrogen and oxygen atoms in total. The summed E-state index contributed by atoms with van der Waals surface area (Å²) >= 11 is 12.3. The SMILES string of the molecule is Cn1c(C(=O)NC[C@H]2CCCO2)c(-c2ccc(Cl)cc2)c2cc(Cl)ccc21. The highest BCUT2D eigenvalue weighted by Crippen LogP contribution is 2.36. The maximum Gasteiger partial charge on any atom is 0.268 e. The Morgan fingerprint density at radius 3 is 2.63 bits per heavy atom. The van der Waals surface area contributed by atoms with E-state index in [1.165, 1.54) is 0 Å². The van der Waals surface area contributed by atoms with Crippen molar-refractivity contribution < 1.29 is 9.53 Å². The van der Waals surface area contributed by atoms with Crippen molar-refractivity contribution in [2.75, 3.05) is 13.2 Å². The van der Waals surface area contributed by atoms with Crippen molar-refractivity contribution in [2.24, 2.45) is 7.05 Å². The molecule has 1 aromatic heterocycles. The molecule has 0 spiro atoms. The van der Waals surface area contributed by atoms with Crippen LogP contribution in [0.3, 0.4) is 0 Å². The molecule has 1 saturated heterocycles. The number of carbonyl (C=O) groups is 1. The monoisotopic (exact) mass is 402 g/mol. The number of aromatic nitrogens is 1. The molecule has 1 atom stereocenters. The van der Waals surface area contributed by atoms with Crippen molar-refractivity contribution in [2.45, 2.75) is 18.9 Å². The quantitative estimate of drug-likeness (QED) is 0.662. The molecule has 1 amide bonds. The predicted octanol–water partition coefficient (Wildman–Crippen LogP) is 5.06. The van der Waals surface area contributed by atoms with Gasteiger partial charge in [-0.1, -0.05) is 35.3 Å². The van der Waals surface area contributed by atoms with Crippen molar-refractivity contribution in [3.63, 3.8) is 0 Å². The van der Waals surface area contributed by atoms with Crippen LogP contribution >= 0.6 is 23.2 Å². The Labute approximate surface area is 168 Å². The lowest BCUT2D eigenvalue weighted by Gasteiger charge is -2.13.